The summed E-state index contributed by atoms with van der Waals surface area (Å²) >= 11 is 7.90. The Bertz CT molecular complexity index is 1160. The molecule has 0 atom stereocenters. The van der Waals surface area contributed by atoms with E-state index in [9.17, 15) is 4.79 Å². The molecular weight excluding hydrogens is 416 g/mol. The average Bonchev–Trinajstić information content (AvgIpc) is 3.25. The van der Waals surface area contributed by atoms with Crippen molar-refractivity contribution in [2.24, 2.45) is 0 Å². The predicted molar refractivity (Wildman–Crippen MR) is 124 cm³/mol. The maximum atomic E-state index is 11.3. The fourth-order valence-electron chi connectivity index (χ4n) is 3.14. The summed E-state index contributed by atoms with van der Waals surface area (Å²) in [7, 11) is 0. The van der Waals surface area contributed by atoms with Crippen LogP contribution in [0, 0.1) is 0 Å². The van der Waals surface area contributed by atoms with E-state index >= 15 is 0 Å². The molecule has 0 amide bonds. The van der Waals surface area contributed by atoms with Crippen molar-refractivity contribution in [3.8, 4) is 0 Å². The standard InChI is InChI=1S/C23H21ClN4OS/c1-15(29)11-16-4-6-17(7-5-16)13-25-22-20-12-18(24)8-9-21(20)27-23(28-22)26-14-19-3-2-10-30-19/h2-10,12H,11,13-14H2,1H3,(H2,25,26,27,28). The summed E-state index contributed by atoms with van der Waals surface area (Å²) in [6, 6.07) is 17.7. The first-order chi connectivity index (χ1) is 14.6. The second-order valence-electron chi connectivity index (χ2n) is 7.04. The summed E-state index contributed by atoms with van der Waals surface area (Å²) in [5.74, 6) is 1.45. The highest BCUT2D eigenvalue weighted by Crippen LogP contribution is 2.26. The molecule has 30 heavy (non-hydrogen) atoms. The fourth-order valence-corrected chi connectivity index (χ4v) is 3.96. The van der Waals surface area contributed by atoms with Gasteiger partial charge in [0.1, 0.15) is 11.6 Å². The monoisotopic (exact) mass is 436 g/mol. The summed E-state index contributed by atoms with van der Waals surface area (Å²) in [5, 5.41) is 10.3. The number of nitrogens with zero attached hydrogens (tertiary/aromatic N) is 2. The molecule has 0 radical (unpaired) electrons. The average molecular weight is 437 g/mol. The van der Waals surface area contributed by atoms with Gasteiger partial charge in [0.15, 0.2) is 0 Å². The van der Waals surface area contributed by atoms with Crippen LogP contribution >= 0.6 is 22.9 Å². The number of aromatic nitrogens is 2. The van der Waals surface area contributed by atoms with Crippen molar-refractivity contribution in [2.75, 3.05) is 10.6 Å². The highest BCUT2D eigenvalue weighted by atomic mass is 35.5. The van der Waals surface area contributed by atoms with Crippen LogP contribution in [0.15, 0.2) is 60.0 Å². The Morgan fingerprint density at radius 2 is 1.80 bits per heavy atom. The molecule has 0 saturated carbocycles. The van der Waals surface area contributed by atoms with Crippen molar-refractivity contribution in [3.63, 3.8) is 0 Å². The molecule has 4 aromatic rings. The normalized spacial score (nSPS) is 10.9. The molecule has 2 aromatic carbocycles. The van der Waals surface area contributed by atoms with Gasteiger partial charge in [-0.15, -0.1) is 11.3 Å². The second-order valence-corrected chi connectivity index (χ2v) is 8.51. The molecule has 0 saturated heterocycles. The number of carbonyl (C=O) groups is 1. The molecule has 0 aliphatic rings. The van der Waals surface area contributed by atoms with E-state index in [1.807, 2.05) is 48.5 Å². The molecule has 2 aromatic heterocycles. The van der Waals surface area contributed by atoms with Gasteiger partial charge in [0, 0.05) is 28.3 Å². The SMILES string of the molecule is CC(=O)Cc1ccc(CNc2nc(NCc3cccs3)nc3ccc(Cl)cc23)cc1. The third-order valence-electron chi connectivity index (χ3n) is 4.59. The summed E-state index contributed by atoms with van der Waals surface area (Å²) < 4.78 is 0. The molecule has 2 heterocycles. The van der Waals surface area contributed by atoms with Gasteiger partial charge in [-0.3, -0.25) is 4.79 Å². The maximum absolute atomic E-state index is 11.3. The first kappa shape index (κ1) is 20.3. The van der Waals surface area contributed by atoms with Crippen molar-refractivity contribution in [2.45, 2.75) is 26.4 Å². The molecule has 0 fully saturated rings. The molecule has 152 valence electrons. The number of benzene rings is 2. The highest BCUT2D eigenvalue weighted by Gasteiger charge is 2.09. The van der Waals surface area contributed by atoms with E-state index in [0.29, 0.717) is 30.5 Å². The molecular formula is C23H21ClN4OS. The number of ketones is 1. The Hall–Kier alpha value is -2.96. The first-order valence-electron chi connectivity index (χ1n) is 9.61. The maximum Gasteiger partial charge on any atom is 0.225 e. The van der Waals surface area contributed by atoms with Crippen LogP contribution in [0.3, 0.4) is 0 Å². The topological polar surface area (TPSA) is 66.9 Å². The Morgan fingerprint density at radius 1 is 1.00 bits per heavy atom. The van der Waals surface area contributed by atoms with Crippen molar-refractivity contribution in [1.82, 2.24) is 9.97 Å². The van der Waals surface area contributed by atoms with E-state index in [1.54, 1.807) is 18.3 Å². The molecule has 0 spiro atoms. The molecule has 5 nitrogen and oxygen atoms in total. The van der Waals surface area contributed by atoms with Gasteiger partial charge in [-0.25, -0.2) is 4.98 Å². The van der Waals surface area contributed by atoms with Gasteiger partial charge in [0.2, 0.25) is 5.95 Å². The van der Waals surface area contributed by atoms with Gasteiger partial charge in [0.25, 0.3) is 0 Å². The van der Waals surface area contributed by atoms with Gasteiger partial charge in [-0.1, -0.05) is 41.9 Å². The van der Waals surface area contributed by atoms with Crippen molar-refractivity contribution in [3.05, 3.63) is 81.0 Å². The quantitative estimate of drug-likeness (QED) is 0.371. The van der Waals surface area contributed by atoms with Crippen LogP contribution in [0.4, 0.5) is 11.8 Å². The minimum atomic E-state index is 0.160. The van der Waals surface area contributed by atoms with E-state index in [1.165, 1.54) is 4.88 Å². The van der Waals surface area contributed by atoms with Crippen molar-refractivity contribution in [1.29, 1.82) is 0 Å². The van der Waals surface area contributed by atoms with Crippen LogP contribution in [0.5, 0.6) is 0 Å². The number of hydrogen-bond acceptors (Lipinski definition) is 6. The summed E-state index contributed by atoms with van der Waals surface area (Å²) in [6.07, 6.45) is 0.460. The van der Waals surface area contributed by atoms with Gasteiger partial charge >= 0.3 is 0 Å². The van der Waals surface area contributed by atoms with E-state index in [-0.39, 0.29) is 5.78 Å². The Morgan fingerprint density at radius 3 is 2.53 bits per heavy atom. The van der Waals surface area contributed by atoms with Crippen LogP contribution in [0.2, 0.25) is 5.02 Å². The van der Waals surface area contributed by atoms with E-state index in [0.717, 1.165) is 27.8 Å². The summed E-state index contributed by atoms with van der Waals surface area (Å²) in [5.41, 5.74) is 2.94. The summed E-state index contributed by atoms with van der Waals surface area (Å²) in [6.45, 7) is 2.88. The number of fused-ring (bicyclic) bond motifs is 1. The third kappa shape index (κ3) is 5.14. The molecule has 0 aliphatic carbocycles. The largest absolute Gasteiger partial charge is 0.365 e. The third-order valence-corrected chi connectivity index (χ3v) is 5.71. The number of anilines is 2. The van der Waals surface area contributed by atoms with Crippen LogP contribution in [-0.4, -0.2) is 15.8 Å². The second kappa shape index (κ2) is 9.24. The van der Waals surface area contributed by atoms with Gasteiger partial charge < -0.3 is 10.6 Å². The number of nitrogens with one attached hydrogen (secondary N) is 2. The van der Waals surface area contributed by atoms with Crippen LogP contribution in [0.1, 0.15) is 22.9 Å². The van der Waals surface area contributed by atoms with Gasteiger partial charge in [-0.2, -0.15) is 4.98 Å². The zero-order valence-corrected chi connectivity index (χ0v) is 18.1. The zero-order chi connectivity index (χ0) is 20.9. The lowest BCUT2D eigenvalue weighted by molar-refractivity contribution is -0.116. The van der Waals surface area contributed by atoms with E-state index < -0.39 is 0 Å². The molecule has 2 N–H and O–H groups in total. The lowest BCUT2D eigenvalue weighted by Gasteiger charge is -2.12. The molecule has 0 unspecified atom stereocenters. The van der Waals surface area contributed by atoms with Crippen LogP contribution < -0.4 is 10.6 Å². The minimum Gasteiger partial charge on any atom is -0.365 e. The van der Waals surface area contributed by atoms with Crippen molar-refractivity contribution >= 4 is 51.4 Å². The zero-order valence-electron chi connectivity index (χ0n) is 16.5. The van der Waals surface area contributed by atoms with Gasteiger partial charge in [-0.05, 0) is 47.7 Å². The summed E-state index contributed by atoms with van der Waals surface area (Å²) in [4.78, 5) is 21.8. The molecule has 0 bridgehead atoms. The first-order valence-corrected chi connectivity index (χ1v) is 10.9. The highest BCUT2D eigenvalue weighted by molar-refractivity contribution is 7.09. The predicted octanol–water partition coefficient (Wildman–Crippen LogP) is 5.70. The number of rotatable bonds is 8. The van der Waals surface area contributed by atoms with Gasteiger partial charge in [0.05, 0.1) is 12.1 Å². The number of thiophene rings is 1. The molecule has 0 aliphatic heterocycles. The number of halogens is 1. The van der Waals surface area contributed by atoms with Crippen molar-refractivity contribution < 1.29 is 4.79 Å². The molecule has 7 heteroatoms. The number of hydrogen-bond donors (Lipinski definition) is 2. The minimum absolute atomic E-state index is 0.160. The van der Waals surface area contributed by atoms with Crippen LogP contribution in [0.25, 0.3) is 10.9 Å². The van der Waals surface area contributed by atoms with E-state index in [4.69, 9.17) is 11.6 Å². The Kier molecular flexibility index (Phi) is 6.26. The van der Waals surface area contributed by atoms with E-state index in [2.05, 4.69) is 32.0 Å². The number of carbonyl (C=O) groups excluding carboxylic acids is 1. The molecule has 4 rings (SSSR count). The Labute approximate surface area is 184 Å². The lowest BCUT2D eigenvalue weighted by Crippen LogP contribution is -2.08. The smallest absolute Gasteiger partial charge is 0.225 e. The fraction of sp³-hybridized carbons (Fsp3) is 0.174. The lowest BCUT2D eigenvalue weighted by atomic mass is 10.1. The van der Waals surface area contributed by atoms with Crippen LogP contribution in [-0.2, 0) is 24.3 Å². The Balaban J connectivity index is 1.54. The number of Topliss-reactive ketones (excluding diaryl/α,β-unsaturated/α-hetero) is 1.